The third-order valence-electron chi connectivity index (χ3n) is 4.59. The zero-order valence-corrected chi connectivity index (χ0v) is 10.4. The monoisotopic (exact) mass is 230 g/mol. The summed E-state index contributed by atoms with van der Waals surface area (Å²) in [5.74, 6) is 1.04. The van der Waals surface area contributed by atoms with E-state index in [0.29, 0.717) is 0 Å². The Hall–Kier alpha value is 0.210. The van der Waals surface area contributed by atoms with E-state index in [1.165, 1.54) is 45.2 Å². The lowest BCUT2D eigenvalue weighted by molar-refractivity contribution is 0.0731. The van der Waals surface area contributed by atoms with Gasteiger partial charge in [0.15, 0.2) is 0 Å². The molecule has 0 radical (unpaired) electrons. The normalized spacial score (nSPS) is 41.8. The van der Waals surface area contributed by atoms with Crippen molar-refractivity contribution >= 4 is 12.4 Å². The predicted molar refractivity (Wildman–Crippen MR) is 65.6 cm³/mol. The third-order valence-corrected chi connectivity index (χ3v) is 4.59. The van der Waals surface area contributed by atoms with Crippen LogP contribution in [0.3, 0.4) is 0 Å². The first-order valence-electron chi connectivity index (χ1n) is 6.34. The van der Waals surface area contributed by atoms with Crippen molar-refractivity contribution < 1.29 is 0 Å². The van der Waals surface area contributed by atoms with E-state index in [-0.39, 0.29) is 12.4 Å². The lowest BCUT2D eigenvalue weighted by Gasteiger charge is -2.43. The van der Waals surface area contributed by atoms with Crippen molar-refractivity contribution in [3.05, 3.63) is 0 Å². The van der Waals surface area contributed by atoms with E-state index in [0.717, 1.165) is 24.0 Å². The quantitative estimate of drug-likeness (QED) is 0.742. The second-order valence-corrected chi connectivity index (χ2v) is 5.46. The van der Waals surface area contributed by atoms with Crippen LogP contribution in [0.5, 0.6) is 0 Å². The lowest BCUT2D eigenvalue weighted by atomic mass is 9.84. The molecule has 2 saturated heterocycles. The molecule has 3 atom stereocenters. The van der Waals surface area contributed by atoms with E-state index in [4.69, 9.17) is 0 Å². The first-order chi connectivity index (χ1) is 6.86. The van der Waals surface area contributed by atoms with Crippen molar-refractivity contribution in [2.45, 2.75) is 57.2 Å². The summed E-state index contributed by atoms with van der Waals surface area (Å²) in [6.07, 6.45) is 7.42. The van der Waals surface area contributed by atoms with Crippen LogP contribution in [0, 0.1) is 5.92 Å². The second kappa shape index (κ2) is 4.60. The number of nitrogens with zero attached hydrogens (tertiary/aromatic N) is 1. The lowest BCUT2D eigenvalue weighted by Crippen LogP contribution is -2.60. The van der Waals surface area contributed by atoms with Gasteiger partial charge in [-0.1, -0.05) is 12.8 Å². The molecule has 3 heteroatoms. The molecule has 3 aliphatic rings. The van der Waals surface area contributed by atoms with Crippen LogP contribution < -0.4 is 5.32 Å². The van der Waals surface area contributed by atoms with E-state index in [2.05, 4.69) is 17.1 Å². The molecule has 2 aliphatic heterocycles. The van der Waals surface area contributed by atoms with Gasteiger partial charge in [-0.05, 0) is 32.1 Å². The first kappa shape index (κ1) is 11.7. The summed E-state index contributed by atoms with van der Waals surface area (Å²) < 4.78 is 0. The SMILES string of the molecule is CC1CC2CCCCC2N1C1CNC1.Cl. The smallest absolute Gasteiger partial charge is 0.0351 e. The maximum Gasteiger partial charge on any atom is 0.0351 e. The Bertz CT molecular complexity index is 218. The van der Waals surface area contributed by atoms with Gasteiger partial charge in [-0.15, -0.1) is 12.4 Å². The van der Waals surface area contributed by atoms with Crippen LogP contribution in [-0.4, -0.2) is 36.1 Å². The van der Waals surface area contributed by atoms with Gasteiger partial charge in [0.05, 0.1) is 0 Å². The maximum absolute atomic E-state index is 3.41. The van der Waals surface area contributed by atoms with Crippen molar-refractivity contribution in [1.29, 1.82) is 0 Å². The molecule has 15 heavy (non-hydrogen) atoms. The highest BCUT2D eigenvalue weighted by Crippen LogP contribution is 2.40. The Labute approximate surface area is 99.2 Å². The summed E-state index contributed by atoms with van der Waals surface area (Å²) in [5, 5.41) is 3.41. The molecule has 0 aromatic carbocycles. The van der Waals surface area contributed by atoms with Crippen LogP contribution in [0.4, 0.5) is 0 Å². The molecular weight excluding hydrogens is 208 g/mol. The fourth-order valence-electron chi connectivity index (χ4n) is 3.86. The molecule has 3 fully saturated rings. The molecule has 0 aromatic heterocycles. The maximum atomic E-state index is 3.41. The average Bonchev–Trinajstić information content (AvgIpc) is 2.41. The van der Waals surface area contributed by atoms with Crippen LogP contribution in [-0.2, 0) is 0 Å². The topological polar surface area (TPSA) is 15.3 Å². The molecule has 1 aliphatic carbocycles. The minimum absolute atomic E-state index is 0. The fraction of sp³-hybridized carbons (Fsp3) is 1.00. The highest BCUT2D eigenvalue weighted by atomic mass is 35.5. The Balaban J connectivity index is 0.000000853. The van der Waals surface area contributed by atoms with Crippen molar-refractivity contribution in [2.75, 3.05) is 13.1 Å². The predicted octanol–water partition coefficient (Wildman–Crippen LogP) is 2.03. The number of hydrogen-bond donors (Lipinski definition) is 1. The van der Waals surface area contributed by atoms with Gasteiger partial charge in [0.2, 0.25) is 0 Å². The van der Waals surface area contributed by atoms with Crippen LogP contribution >= 0.6 is 12.4 Å². The van der Waals surface area contributed by atoms with Crippen LogP contribution in [0.15, 0.2) is 0 Å². The summed E-state index contributed by atoms with van der Waals surface area (Å²) >= 11 is 0. The van der Waals surface area contributed by atoms with Gasteiger partial charge in [0, 0.05) is 31.2 Å². The van der Waals surface area contributed by atoms with Crippen molar-refractivity contribution in [2.24, 2.45) is 5.92 Å². The van der Waals surface area contributed by atoms with Crippen LogP contribution in [0.1, 0.15) is 39.0 Å². The van der Waals surface area contributed by atoms with Crippen molar-refractivity contribution in [1.82, 2.24) is 10.2 Å². The van der Waals surface area contributed by atoms with E-state index < -0.39 is 0 Å². The van der Waals surface area contributed by atoms with Gasteiger partial charge in [0.25, 0.3) is 0 Å². The Morgan fingerprint density at radius 3 is 2.53 bits per heavy atom. The Morgan fingerprint density at radius 1 is 1.13 bits per heavy atom. The van der Waals surface area contributed by atoms with Gasteiger partial charge < -0.3 is 5.32 Å². The first-order valence-corrected chi connectivity index (χ1v) is 6.34. The Kier molecular flexibility index (Phi) is 3.59. The van der Waals surface area contributed by atoms with Crippen molar-refractivity contribution in [3.8, 4) is 0 Å². The summed E-state index contributed by atoms with van der Waals surface area (Å²) in [6, 6.07) is 2.68. The zero-order chi connectivity index (χ0) is 9.54. The van der Waals surface area contributed by atoms with Gasteiger partial charge in [-0.2, -0.15) is 0 Å². The molecular formula is C12H23ClN2. The molecule has 0 aromatic rings. The molecule has 3 unspecified atom stereocenters. The highest BCUT2D eigenvalue weighted by Gasteiger charge is 2.44. The Morgan fingerprint density at radius 2 is 1.87 bits per heavy atom. The van der Waals surface area contributed by atoms with Crippen molar-refractivity contribution in [3.63, 3.8) is 0 Å². The molecule has 0 amide bonds. The molecule has 3 rings (SSSR count). The molecule has 88 valence electrons. The van der Waals surface area contributed by atoms with Gasteiger partial charge in [-0.3, -0.25) is 4.90 Å². The van der Waals surface area contributed by atoms with Gasteiger partial charge in [0.1, 0.15) is 0 Å². The fourth-order valence-corrected chi connectivity index (χ4v) is 3.86. The van der Waals surface area contributed by atoms with Gasteiger partial charge in [-0.25, -0.2) is 0 Å². The number of nitrogens with one attached hydrogen (secondary N) is 1. The summed E-state index contributed by atoms with van der Waals surface area (Å²) in [7, 11) is 0. The minimum Gasteiger partial charge on any atom is -0.314 e. The molecule has 2 nitrogen and oxygen atoms in total. The van der Waals surface area contributed by atoms with Gasteiger partial charge >= 0.3 is 0 Å². The van der Waals surface area contributed by atoms with E-state index in [9.17, 15) is 0 Å². The molecule has 2 heterocycles. The molecule has 1 N–H and O–H groups in total. The number of halogens is 1. The molecule has 0 spiro atoms. The zero-order valence-electron chi connectivity index (χ0n) is 9.61. The van der Waals surface area contributed by atoms with Crippen LogP contribution in [0.2, 0.25) is 0 Å². The largest absolute Gasteiger partial charge is 0.314 e. The standard InChI is InChI=1S/C12H22N2.ClH/c1-9-6-10-4-2-3-5-12(10)14(9)11-7-13-8-11;/h9-13H,2-8H2,1H3;1H. The number of fused-ring (bicyclic) bond motifs is 1. The van der Waals surface area contributed by atoms with E-state index >= 15 is 0 Å². The highest BCUT2D eigenvalue weighted by molar-refractivity contribution is 5.85. The average molecular weight is 231 g/mol. The minimum atomic E-state index is 0. The number of rotatable bonds is 1. The van der Waals surface area contributed by atoms with E-state index in [1.54, 1.807) is 0 Å². The summed E-state index contributed by atoms with van der Waals surface area (Å²) in [6.45, 7) is 4.93. The second-order valence-electron chi connectivity index (χ2n) is 5.46. The third kappa shape index (κ3) is 1.92. The summed E-state index contributed by atoms with van der Waals surface area (Å²) in [5.41, 5.74) is 0. The molecule has 1 saturated carbocycles. The van der Waals surface area contributed by atoms with E-state index in [1.807, 2.05) is 0 Å². The number of likely N-dealkylation sites (tertiary alicyclic amines) is 1. The van der Waals surface area contributed by atoms with Crippen LogP contribution in [0.25, 0.3) is 0 Å². The molecule has 0 bridgehead atoms. The number of hydrogen-bond acceptors (Lipinski definition) is 2. The summed E-state index contributed by atoms with van der Waals surface area (Å²) in [4.78, 5) is 2.85.